The van der Waals surface area contributed by atoms with Gasteiger partial charge in [-0.2, -0.15) is 17.5 Å². The summed E-state index contributed by atoms with van der Waals surface area (Å²) in [5, 5.41) is -0.456. The monoisotopic (exact) mass is 426 g/mol. The molecule has 0 spiro atoms. The van der Waals surface area contributed by atoms with Crippen LogP contribution in [-0.4, -0.2) is 35.2 Å². The van der Waals surface area contributed by atoms with E-state index in [1.807, 2.05) is 0 Å². The summed E-state index contributed by atoms with van der Waals surface area (Å²) >= 11 is 5.48. The summed E-state index contributed by atoms with van der Waals surface area (Å²) in [6.07, 6.45) is -2.80. The molecule has 26 heavy (non-hydrogen) atoms. The molecule has 0 aliphatic heterocycles. The summed E-state index contributed by atoms with van der Waals surface area (Å²) in [4.78, 5) is 3.05. The molecule has 11 heteroatoms. The molecule has 142 valence electrons. The fraction of sp³-hybridized carbons (Fsp3) is 0.267. The number of pyridine rings is 1. The Morgan fingerprint density at radius 3 is 2.31 bits per heavy atom. The molecule has 1 atom stereocenters. The number of aromatic nitrogens is 1. The molecule has 1 aromatic carbocycles. The van der Waals surface area contributed by atoms with Gasteiger partial charge in [-0.25, -0.2) is 13.4 Å². The predicted octanol–water partition coefficient (Wildman–Crippen LogP) is 3.31. The van der Waals surface area contributed by atoms with Crippen LogP contribution in [0.2, 0.25) is 5.15 Å². The third-order valence-electron chi connectivity index (χ3n) is 3.49. The van der Waals surface area contributed by atoms with Crippen molar-refractivity contribution in [1.82, 2.24) is 9.29 Å². The van der Waals surface area contributed by atoms with E-state index in [0.717, 1.165) is 11.4 Å². The van der Waals surface area contributed by atoms with E-state index < -0.39 is 42.6 Å². The van der Waals surface area contributed by atoms with E-state index in [1.54, 1.807) is 24.3 Å². The number of benzene rings is 1. The quantitative estimate of drug-likeness (QED) is 0.688. The van der Waals surface area contributed by atoms with Gasteiger partial charge in [-0.1, -0.05) is 23.7 Å². The molecule has 2 aromatic rings. The first-order valence-corrected chi connectivity index (χ1v) is 10.4. The highest BCUT2D eigenvalue weighted by Gasteiger charge is 2.39. The second-order valence-electron chi connectivity index (χ2n) is 5.36. The standard InChI is InChI=1S/C15H14ClF3N2O3S2/c1-21(9-10-3-5-11(6-4-10)25(2)22)26(23,24)13-8-20-14(16)7-12(13)15(17,18)19/h3-8H,9H2,1-2H3. The Morgan fingerprint density at radius 2 is 1.81 bits per heavy atom. The van der Waals surface area contributed by atoms with E-state index >= 15 is 0 Å². The van der Waals surface area contributed by atoms with Crippen molar-refractivity contribution in [3.63, 3.8) is 0 Å². The predicted molar refractivity (Wildman–Crippen MR) is 91.7 cm³/mol. The highest BCUT2D eigenvalue weighted by Crippen LogP contribution is 2.36. The van der Waals surface area contributed by atoms with Gasteiger partial charge in [0.25, 0.3) is 0 Å². The van der Waals surface area contributed by atoms with Crippen molar-refractivity contribution in [2.24, 2.45) is 0 Å². The minimum atomic E-state index is -4.90. The molecule has 0 aliphatic carbocycles. The molecule has 1 aromatic heterocycles. The largest absolute Gasteiger partial charge is 0.417 e. The van der Waals surface area contributed by atoms with Crippen LogP contribution in [0.15, 0.2) is 46.3 Å². The maximum absolute atomic E-state index is 13.2. The number of sulfonamides is 1. The van der Waals surface area contributed by atoms with Crippen molar-refractivity contribution in [3.05, 3.63) is 52.8 Å². The van der Waals surface area contributed by atoms with Crippen LogP contribution in [-0.2, 0) is 33.5 Å². The van der Waals surface area contributed by atoms with Crippen LogP contribution >= 0.6 is 11.6 Å². The first-order valence-electron chi connectivity index (χ1n) is 7.04. The molecule has 0 amide bonds. The Hall–Kier alpha value is -1.49. The Balaban J connectivity index is 2.37. The summed E-state index contributed by atoms with van der Waals surface area (Å²) in [6.45, 7) is -0.168. The van der Waals surface area contributed by atoms with Crippen LogP contribution in [0.1, 0.15) is 11.1 Å². The van der Waals surface area contributed by atoms with Crippen LogP contribution in [0.3, 0.4) is 0 Å². The number of hydrogen-bond acceptors (Lipinski definition) is 4. The molecule has 0 N–H and O–H groups in total. The van der Waals surface area contributed by atoms with Gasteiger partial charge in [-0.05, 0) is 23.8 Å². The Labute approximate surface area is 156 Å². The minimum Gasteiger partial charge on any atom is -0.255 e. The number of halogens is 4. The van der Waals surface area contributed by atoms with Gasteiger partial charge in [-0.3, -0.25) is 4.21 Å². The highest BCUT2D eigenvalue weighted by molar-refractivity contribution is 7.89. The molecule has 1 unspecified atom stereocenters. The van der Waals surface area contributed by atoms with Crippen LogP contribution in [0, 0.1) is 0 Å². The van der Waals surface area contributed by atoms with Crippen LogP contribution < -0.4 is 0 Å². The summed E-state index contributed by atoms with van der Waals surface area (Å²) in [6, 6.07) is 6.74. The lowest BCUT2D eigenvalue weighted by atomic mass is 10.2. The van der Waals surface area contributed by atoms with E-state index in [-0.39, 0.29) is 6.54 Å². The lowest BCUT2D eigenvalue weighted by Crippen LogP contribution is -2.28. The molecule has 0 aliphatic rings. The van der Waals surface area contributed by atoms with Crippen molar-refractivity contribution in [2.75, 3.05) is 13.3 Å². The maximum atomic E-state index is 13.2. The zero-order valence-electron chi connectivity index (χ0n) is 13.6. The number of hydrogen-bond donors (Lipinski definition) is 0. The fourth-order valence-corrected chi connectivity index (χ4v) is 4.11. The highest BCUT2D eigenvalue weighted by atomic mass is 35.5. The summed E-state index contributed by atoms with van der Waals surface area (Å²) in [7, 11) is -4.49. The second kappa shape index (κ2) is 7.63. The minimum absolute atomic E-state index is 0.168. The van der Waals surface area contributed by atoms with Crippen LogP contribution in [0.4, 0.5) is 13.2 Å². The molecule has 0 bridgehead atoms. The lowest BCUT2D eigenvalue weighted by molar-refractivity contribution is -0.140. The topological polar surface area (TPSA) is 67.3 Å². The van der Waals surface area contributed by atoms with Gasteiger partial charge >= 0.3 is 6.18 Å². The molecule has 0 fully saturated rings. The summed E-state index contributed by atoms with van der Waals surface area (Å²) in [5.41, 5.74) is -0.846. The Morgan fingerprint density at radius 1 is 1.23 bits per heavy atom. The molecule has 1 heterocycles. The summed E-state index contributed by atoms with van der Waals surface area (Å²) in [5.74, 6) is 0. The first-order chi connectivity index (χ1) is 11.9. The van der Waals surface area contributed by atoms with Crippen LogP contribution in [0.5, 0.6) is 0 Å². The van der Waals surface area contributed by atoms with Gasteiger partial charge in [0.2, 0.25) is 10.0 Å². The van der Waals surface area contributed by atoms with Gasteiger partial charge < -0.3 is 0 Å². The van der Waals surface area contributed by atoms with Crippen molar-refractivity contribution in [1.29, 1.82) is 0 Å². The Bertz CT molecular complexity index is 932. The zero-order chi connectivity index (χ0) is 19.7. The Kier molecular flexibility index (Phi) is 6.11. The molecule has 0 saturated carbocycles. The molecule has 0 radical (unpaired) electrons. The summed E-state index contributed by atoms with van der Waals surface area (Å²) < 4.78 is 76.8. The van der Waals surface area contributed by atoms with Gasteiger partial charge in [0, 0.05) is 41.7 Å². The van der Waals surface area contributed by atoms with E-state index in [4.69, 9.17) is 11.6 Å². The first kappa shape index (κ1) is 20.8. The molecule has 2 rings (SSSR count). The van der Waals surface area contributed by atoms with Crippen molar-refractivity contribution in [2.45, 2.75) is 22.5 Å². The molecular weight excluding hydrogens is 413 g/mol. The SMILES string of the molecule is CN(Cc1ccc(S(C)=O)cc1)S(=O)(=O)c1cnc(Cl)cc1C(F)(F)F. The maximum Gasteiger partial charge on any atom is 0.417 e. The van der Waals surface area contributed by atoms with Crippen molar-refractivity contribution in [3.8, 4) is 0 Å². The average Bonchev–Trinajstić information content (AvgIpc) is 2.54. The van der Waals surface area contributed by atoms with E-state index in [2.05, 4.69) is 4.98 Å². The molecular formula is C15H14ClF3N2O3S2. The number of nitrogens with zero attached hydrogens (tertiary/aromatic N) is 2. The smallest absolute Gasteiger partial charge is 0.255 e. The van der Waals surface area contributed by atoms with Crippen LogP contribution in [0.25, 0.3) is 0 Å². The third-order valence-corrected chi connectivity index (χ3v) is 6.46. The van der Waals surface area contributed by atoms with Gasteiger partial charge in [0.1, 0.15) is 10.0 Å². The van der Waals surface area contributed by atoms with Gasteiger partial charge in [-0.15, -0.1) is 0 Å². The third kappa shape index (κ3) is 4.61. The van der Waals surface area contributed by atoms with Crippen molar-refractivity contribution >= 4 is 32.4 Å². The van der Waals surface area contributed by atoms with E-state index in [0.29, 0.717) is 22.7 Å². The average molecular weight is 427 g/mol. The fourth-order valence-electron chi connectivity index (χ4n) is 2.14. The van der Waals surface area contributed by atoms with Gasteiger partial charge in [0.05, 0.1) is 5.56 Å². The second-order valence-corrected chi connectivity index (χ2v) is 9.14. The van der Waals surface area contributed by atoms with Gasteiger partial charge in [0.15, 0.2) is 0 Å². The number of alkyl halides is 3. The molecule has 0 saturated heterocycles. The zero-order valence-corrected chi connectivity index (χ0v) is 16.0. The molecule has 5 nitrogen and oxygen atoms in total. The number of rotatable bonds is 5. The van der Waals surface area contributed by atoms with E-state index in [1.165, 1.54) is 6.26 Å². The van der Waals surface area contributed by atoms with E-state index in [9.17, 15) is 25.8 Å². The lowest BCUT2D eigenvalue weighted by Gasteiger charge is -2.20. The normalized spacial score (nSPS) is 13.8. The van der Waals surface area contributed by atoms with Crippen molar-refractivity contribution < 1.29 is 25.8 Å².